The number of aliphatic hydroxyl groups excluding tert-OH is 1. The van der Waals surface area contributed by atoms with Gasteiger partial charge in [0.05, 0.1) is 18.6 Å². The number of carbonyl (C=O) groups excluding carboxylic acids is 1. The Balaban J connectivity index is 1.81. The molecule has 1 aliphatic carbocycles. The molecule has 2 N–H and O–H groups in total. The first kappa shape index (κ1) is 9.97. The third-order valence-electron chi connectivity index (χ3n) is 3.52. The molecular formula is C11H19NO2. The third-order valence-corrected chi connectivity index (χ3v) is 3.52. The van der Waals surface area contributed by atoms with Crippen molar-refractivity contribution < 1.29 is 9.90 Å². The van der Waals surface area contributed by atoms with Crippen LogP contribution in [0.4, 0.5) is 0 Å². The minimum atomic E-state index is -0.440. The summed E-state index contributed by atoms with van der Waals surface area (Å²) in [7, 11) is 0. The topological polar surface area (TPSA) is 49.3 Å². The highest BCUT2D eigenvalue weighted by Gasteiger charge is 2.32. The summed E-state index contributed by atoms with van der Waals surface area (Å²) in [6.45, 7) is 0. The molecule has 0 aromatic heterocycles. The summed E-state index contributed by atoms with van der Waals surface area (Å²) in [6, 6.07) is 0.0330. The van der Waals surface area contributed by atoms with Crippen LogP contribution in [-0.2, 0) is 4.79 Å². The lowest BCUT2D eigenvalue weighted by Crippen LogP contribution is -2.34. The van der Waals surface area contributed by atoms with Crippen molar-refractivity contribution in [3.8, 4) is 0 Å². The Bertz CT molecular complexity index is 211. The number of amides is 1. The molecule has 80 valence electrons. The van der Waals surface area contributed by atoms with Crippen molar-refractivity contribution in [2.24, 2.45) is 5.92 Å². The SMILES string of the molecule is O=C1C[C@H](O)[C@@H](CC2CCCCC2)N1. The number of nitrogens with one attached hydrogen (secondary N) is 1. The van der Waals surface area contributed by atoms with E-state index in [1.165, 1.54) is 32.1 Å². The average molecular weight is 197 g/mol. The van der Waals surface area contributed by atoms with Crippen LogP contribution in [0.25, 0.3) is 0 Å². The molecule has 0 aromatic rings. The summed E-state index contributed by atoms with van der Waals surface area (Å²) in [5.74, 6) is 0.736. The summed E-state index contributed by atoms with van der Waals surface area (Å²) in [5.41, 5.74) is 0. The van der Waals surface area contributed by atoms with Gasteiger partial charge in [-0.25, -0.2) is 0 Å². The first-order valence-electron chi connectivity index (χ1n) is 5.73. The first-order valence-corrected chi connectivity index (χ1v) is 5.73. The van der Waals surface area contributed by atoms with E-state index in [2.05, 4.69) is 5.32 Å². The Morgan fingerprint density at radius 3 is 2.57 bits per heavy atom. The molecule has 0 radical (unpaired) electrons. The van der Waals surface area contributed by atoms with E-state index in [1.54, 1.807) is 0 Å². The van der Waals surface area contributed by atoms with Crippen LogP contribution >= 0.6 is 0 Å². The molecular weight excluding hydrogens is 178 g/mol. The average Bonchev–Trinajstić information content (AvgIpc) is 2.47. The number of carbonyl (C=O) groups is 1. The van der Waals surface area contributed by atoms with E-state index < -0.39 is 6.10 Å². The molecule has 0 bridgehead atoms. The molecule has 1 amide bonds. The minimum absolute atomic E-state index is 0.0123. The van der Waals surface area contributed by atoms with Crippen molar-refractivity contribution >= 4 is 5.91 Å². The zero-order valence-electron chi connectivity index (χ0n) is 8.54. The van der Waals surface area contributed by atoms with Gasteiger partial charge >= 0.3 is 0 Å². The summed E-state index contributed by atoms with van der Waals surface area (Å²) in [6.07, 6.45) is 7.39. The van der Waals surface area contributed by atoms with Crippen LogP contribution in [-0.4, -0.2) is 23.2 Å². The summed E-state index contributed by atoms with van der Waals surface area (Å²) in [4.78, 5) is 11.0. The van der Waals surface area contributed by atoms with Gasteiger partial charge < -0.3 is 10.4 Å². The van der Waals surface area contributed by atoms with E-state index in [0.717, 1.165) is 12.3 Å². The molecule has 3 heteroatoms. The maximum absolute atomic E-state index is 11.0. The molecule has 1 saturated heterocycles. The quantitative estimate of drug-likeness (QED) is 0.699. The van der Waals surface area contributed by atoms with Crippen molar-refractivity contribution in [1.82, 2.24) is 5.32 Å². The second-order valence-corrected chi connectivity index (χ2v) is 4.69. The normalized spacial score (nSPS) is 34.5. The highest BCUT2D eigenvalue weighted by Crippen LogP contribution is 2.29. The molecule has 2 atom stereocenters. The van der Waals surface area contributed by atoms with Crippen LogP contribution in [0.1, 0.15) is 44.9 Å². The predicted octanol–water partition coefficient (Wildman–Crippen LogP) is 1.21. The van der Waals surface area contributed by atoms with Crippen LogP contribution in [0.2, 0.25) is 0 Å². The van der Waals surface area contributed by atoms with Gasteiger partial charge in [-0.15, -0.1) is 0 Å². The van der Waals surface area contributed by atoms with Gasteiger partial charge in [-0.3, -0.25) is 4.79 Å². The summed E-state index contributed by atoms with van der Waals surface area (Å²) < 4.78 is 0. The molecule has 0 aromatic carbocycles. The van der Waals surface area contributed by atoms with Crippen molar-refractivity contribution in [2.75, 3.05) is 0 Å². The van der Waals surface area contributed by atoms with Crippen LogP contribution < -0.4 is 5.32 Å². The largest absolute Gasteiger partial charge is 0.390 e. The highest BCUT2D eigenvalue weighted by molar-refractivity contribution is 5.79. The Kier molecular flexibility index (Phi) is 3.06. The van der Waals surface area contributed by atoms with Crippen LogP contribution in [0.15, 0.2) is 0 Å². The second kappa shape index (κ2) is 4.30. The van der Waals surface area contributed by atoms with Crippen molar-refractivity contribution in [3.05, 3.63) is 0 Å². The monoisotopic (exact) mass is 197 g/mol. The van der Waals surface area contributed by atoms with Gasteiger partial charge in [0.2, 0.25) is 5.91 Å². The molecule has 1 aliphatic heterocycles. The third kappa shape index (κ3) is 2.27. The Labute approximate surface area is 84.9 Å². The van der Waals surface area contributed by atoms with Gasteiger partial charge in [0.15, 0.2) is 0 Å². The number of hydrogen-bond acceptors (Lipinski definition) is 2. The Morgan fingerprint density at radius 2 is 2.00 bits per heavy atom. The van der Waals surface area contributed by atoms with E-state index in [-0.39, 0.29) is 11.9 Å². The number of aliphatic hydroxyl groups is 1. The summed E-state index contributed by atoms with van der Waals surface area (Å²) in [5, 5.41) is 12.5. The molecule has 2 fully saturated rings. The Morgan fingerprint density at radius 1 is 1.29 bits per heavy atom. The van der Waals surface area contributed by atoms with Crippen LogP contribution in [0.5, 0.6) is 0 Å². The molecule has 1 heterocycles. The van der Waals surface area contributed by atoms with E-state index in [1.807, 2.05) is 0 Å². The predicted molar refractivity (Wildman–Crippen MR) is 53.7 cm³/mol. The maximum atomic E-state index is 11.0. The maximum Gasteiger partial charge on any atom is 0.222 e. The molecule has 0 spiro atoms. The van der Waals surface area contributed by atoms with E-state index >= 15 is 0 Å². The lowest BCUT2D eigenvalue weighted by molar-refractivity contribution is -0.119. The van der Waals surface area contributed by atoms with Crippen LogP contribution in [0.3, 0.4) is 0 Å². The highest BCUT2D eigenvalue weighted by atomic mass is 16.3. The fourth-order valence-corrected chi connectivity index (χ4v) is 2.69. The lowest BCUT2D eigenvalue weighted by atomic mass is 9.84. The summed E-state index contributed by atoms with van der Waals surface area (Å²) >= 11 is 0. The van der Waals surface area contributed by atoms with Gasteiger partial charge in [-0.05, 0) is 12.3 Å². The fraction of sp³-hybridized carbons (Fsp3) is 0.909. The second-order valence-electron chi connectivity index (χ2n) is 4.69. The number of rotatable bonds is 2. The zero-order valence-corrected chi connectivity index (χ0v) is 8.54. The van der Waals surface area contributed by atoms with Gasteiger partial charge in [0.25, 0.3) is 0 Å². The molecule has 3 nitrogen and oxygen atoms in total. The van der Waals surface area contributed by atoms with E-state index in [4.69, 9.17) is 0 Å². The molecule has 14 heavy (non-hydrogen) atoms. The van der Waals surface area contributed by atoms with Gasteiger partial charge in [0, 0.05) is 0 Å². The fourth-order valence-electron chi connectivity index (χ4n) is 2.69. The van der Waals surface area contributed by atoms with Gasteiger partial charge in [-0.1, -0.05) is 32.1 Å². The lowest BCUT2D eigenvalue weighted by Gasteiger charge is -2.25. The molecule has 0 unspecified atom stereocenters. The van der Waals surface area contributed by atoms with Crippen LogP contribution in [0, 0.1) is 5.92 Å². The molecule has 1 saturated carbocycles. The van der Waals surface area contributed by atoms with E-state index in [9.17, 15) is 9.90 Å². The van der Waals surface area contributed by atoms with Crippen molar-refractivity contribution in [1.29, 1.82) is 0 Å². The molecule has 2 aliphatic rings. The molecule has 2 rings (SSSR count). The first-order chi connectivity index (χ1) is 6.75. The van der Waals surface area contributed by atoms with E-state index in [0.29, 0.717) is 6.42 Å². The Hall–Kier alpha value is -0.570. The standard InChI is InChI=1S/C11H19NO2/c13-10-7-11(14)12-9(10)6-8-4-2-1-3-5-8/h8-10,13H,1-7H2,(H,12,14)/t9-,10+/m1/s1. The zero-order chi connectivity index (χ0) is 9.97. The number of hydrogen-bond donors (Lipinski definition) is 2. The van der Waals surface area contributed by atoms with Gasteiger partial charge in [-0.2, -0.15) is 0 Å². The van der Waals surface area contributed by atoms with Crippen molar-refractivity contribution in [2.45, 2.75) is 57.1 Å². The van der Waals surface area contributed by atoms with Gasteiger partial charge in [0.1, 0.15) is 0 Å². The smallest absolute Gasteiger partial charge is 0.222 e. The van der Waals surface area contributed by atoms with Crippen molar-refractivity contribution in [3.63, 3.8) is 0 Å². The minimum Gasteiger partial charge on any atom is -0.390 e.